The van der Waals surface area contributed by atoms with Crippen molar-refractivity contribution < 1.29 is 0 Å². The Morgan fingerprint density at radius 1 is 0.304 bits per heavy atom. The molecule has 8 rings (SSSR count). The highest BCUT2D eigenvalue weighted by molar-refractivity contribution is 5.93. The molecular weight excluding hydrogens is 558 g/mol. The van der Waals surface area contributed by atoms with E-state index >= 15 is 0 Å². The summed E-state index contributed by atoms with van der Waals surface area (Å²) in [7, 11) is 0. The van der Waals surface area contributed by atoms with Gasteiger partial charge in [-0.1, -0.05) is 115 Å². The van der Waals surface area contributed by atoms with E-state index in [1.54, 1.807) is 12.4 Å². The molecule has 0 aliphatic carbocycles. The minimum absolute atomic E-state index is 0.701. The van der Waals surface area contributed by atoms with Gasteiger partial charge in [-0.05, 0) is 93.0 Å². The Kier molecular flexibility index (Phi) is 7.18. The van der Waals surface area contributed by atoms with E-state index in [0.717, 1.165) is 38.9 Å². The number of para-hydroxylation sites is 1. The fourth-order valence-corrected chi connectivity index (χ4v) is 6.04. The Hall–Kier alpha value is -6.19. The molecule has 0 radical (unpaired) electrons. The number of hydrogen-bond acceptors (Lipinski definition) is 3. The maximum Gasteiger partial charge on any atom is 0.160 e. The first-order chi connectivity index (χ1) is 22.8. The summed E-state index contributed by atoms with van der Waals surface area (Å²) >= 11 is 0. The summed E-state index contributed by atoms with van der Waals surface area (Å²) in [5.74, 6) is 0.701. The molecule has 3 heteroatoms. The van der Waals surface area contributed by atoms with Crippen LogP contribution in [0.5, 0.6) is 0 Å². The van der Waals surface area contributed by atoms with Gasteiger partial charge in [0.05, 0.1) is 11.2 Å². The van der Waals surface area contributed by atoms with Crippen LogP contribution in [0.4, 0.5) is 0 Å². The van der Waals surface area contributed by atoms with Gasteiger partial charge >= 0.3 is 0 Å². The van der Waals surface area contributed by atoms with Gasteiger partial charge in [0.1, 0.15) is 0 Å². The number of nitrogens with zero attached hydrogens (tertiary/aromatic N) is 3. The van der Waals surface area contributed by atoms with Gasteiger partial charge in [0.2, 0.25) is 0 Å². The summed E-state index contributed by atoms with van der Waals surface area (Å²) in [6, 6.07) is 57.5. The molecule has 46 heavy (non-hydrogen) atoms. The molecule has 2 heterocycles. The smallest absolute Gasteiger partial charge is 0.160 e. The first kappa shape index (κ1) is 27.4. The number of aromatic nitrogens is 3. The number of rotatable bonds is 6. The van der Waals surface area contributed by atoms with Gasteiger partial charge in [-0.3, -0.25) is 4.98 Å². The number of hydrogen-bond donors (Lipinski definition) is 0. The van der Waals surface area contributed by atoms with Gasteiger partial charge in [-0.25, -0.2) is 9.97 Å². The zero-order valence-corrected chi connectivity index (χ0v) is 25.1. The second kappa shape index (κ2) is 12.1. The predicted molar refractivity (Wildman–Crippen MR) is 190 cm³/mol. The highest BCUT2D eigenvalue weighted by Crippen LogP contribution is 2.35. The predicted octanol–water partition coefficient (Wildman–Crippen LogP) is 11.0. The van der Waals surface area contributed by atoms with Gasteiger partial charge in [0, 0.05) is 28.9 Å². The van der Waals surface area contributed by atoms with E-state index in [9.17, 15) is 0 Å². The van der Waals surface area contributed by atoms with Crippen LogP contribution in [0.15, 0.2) is 176 Å². The lowest BCUT2D eigenvalue weighted by molar-refractivity contribution is 1.22. The number of fused-ring (bicyclic) bond motifs is 1. The van der Waals surface area contributed by atoms with E-state index < -0.39 is 0 Å². The largest absolute Gasteiger partial charge is 0.265 e. The van der Waals surface area contributed by atoms with Crippen LogP contribution in [0, 0.1) is 0 Å². The van der Waals surface area contributed by atoms with E-state index in [4.69, 9.17) is 9.97 Å². The minimum atomic E-state index is 0.701. The maximum absolute atomic E-state index is 5.08. The Labute approximate surface area is 268 Å². The van der Waals surface area contributed by atoms with Crippen LogP contribution in [-0.4, -0.2) is 15.0 Å². The highest BCUT2D eigenvalue weighted by Gasteiger charge is 2.13. The Morgan fingerprint density at radius 2 is 0.761 bits per heavy atom. The molecule has 0 amide bonds. The average Bonchev–Trinajstić information content (AvgIpc) is 3.15. The standard InChI is InChI=1S/C43H29N3/c1-3-11-30(12-4-1)37-27-38(31-13-5-2-6-14-31)29-39(28-37)35-17-9-15-33(25-35)34-16-10-18-36(26-34)43-45-41-20-8-7-19-40(41)42(46-43)32-21-23-44-24-22-32/h1-29H. The van der Waals surface area contributed by atoms with E-state index in [2.05, 4.69) is 138 Å². The molecule has 3 nitrogen and oxygen atoms in total. The molecule has 0 atom stereocenters. The molecule has 0 aliphatic heterocycles. The van der Waals surface area contributed by atoms with E-state index in [1.807, 2.05) is 30.3 Å². The van der Waals surface area contributed by atoms with Crippen molar-refractivity contribution in [1.29, 1.82) is 0 Å². The van der Waals surface area contributed by atoms with Crippen LogP contribution in [0.2, 0.25) is 0 Å². The Bertz CT molecular complexity index is 2240. The van der Waals surface area contributed by atoms with Crippen molar-refractivity contribution in [3.8, 4) is 67.2 Å². The SMILES string of the molecule is c1ccc(-c2cc(-c3ccccc3)cc(-c3cccc(-c4cccc(-c5nc(-c6ccncc6)c6ccccc6n5)c4)c3)c2)cc1. The molecule has 0 saturated carbocycles. The maximum atomic E-state index is 5.08. The summed E-state index contributed by atoms with van der Waals surface area (Å²) in [6.07, 6.45) is 3.61. The third kappa shape index (κ3) is 5.47. The average molecular weight is 588 g/mol. The van der Waals surface area contributed by atoms with E-state index in [0.29, 0.717) is 5.82 Å². The third-order valence-electron chi connectivity index (χ3n) is 8.35. The topological polar surface area (TPSA) is 38.7 Å². The van der Waals surface area contributed by atoms with Crippen molar-refractivity contribution in [2.45, 2.75) is 0 Å². The summed E-state index contributed by atoms with van der Waals surface area (Å²) < 4.78 is 0. The first-order valence-corrected chi connectivity index (χ1v) is 15.4. The molecule has 0 spiro atoms. The second-order valence-corrected chi connectivity index (χ2v) is 11.3. The summed E-state index contributed by atoms with van der Waals surface area (Å²) in [5.41, 5.74) is 13.2. The molecule has 0 unspecified atom stereocenters. The third-order valence-corrected chi connectivity index (χ3v) is 8.35. The van der Waals surface area contributed by atoms with Crippen molar-refractivity contribution in [3.63, 3.8) is 0 Å². The van der Waals surface area contributed by atoms with Crippen LogP contribution >= 0.6 is 0 Å². The summed E-state index contributed by atoms with van der Waals surface area (Å²) in [4.78, 5) is 14.3. The lowest BCUT2D eigenvalue weighted by Crippen LogP contribution is -1.95. The fourth-order valence-electron chi connectivity index (χ4n) is 6.04. The molecule has 8 aromatic rings. The normalized spacial score (nSPS) is 11.0. The van der Waals surface area contributed by atoms with Gasteiger partial charge in [0.15, 0.2) is 5.82 Å². The second-order valence-electron chi connectivity index (χ2n) is 11.3. The zero-order chi connectivity index (χ0) is 30.7. The molecule has 0 N–H and O–H groups in total. The number of pyridine rings is 1. The monoisotopic (exact) mass is 587 g/mol. The van der Waals surface area contributed by atoms with Gasteiger partial charge in [0.25, 0.3) is 0 Å². The Morgan fingerprint density at radius 3 is 1.39 bits per heavy atom. The molecule has 0 bridgehead atoms. The zero-order valence-electron chi connectivity index (χ0n) is 25.1. The number of benzene rings is 6. The van der Waals surface area contributed by atoms with Crippen molar-refractivity contribution >= 4 is 10.9 Å². The van der Waals surface area contributed by atoms with Gasteiger partial charge < -0.3 is 0 Å². The van der Waals surface area contributed by atoms with E-state index in [1.165, 1.54) is 33.4 Å². The molecule has 0 saturated heterocycles. The lowest BCUT2D eigenvalue weighted by Gasteiger charge is -2.13. The van der Waals surface area contributed by atoms with Crippen LogP contribution in [0.3, 0.4) is 0 Å². The summed E-state index contributed by atoms with van der Waals surface area (Å²) in [6.45, 7) is 0. The molecule has 216 valence electrons. The molecular formula is C43H29N3. The van der Waals surface area contributed by atoms with Crippen molar-refractivity contribution in [2.75, 3.05) is 0 Å². The fraction of sp³-hybridized carbons (Fsp3) is 0. The van der Waals surface area contributed by atoms with Crippen LogP contribution < -0.4 is 0 Å². The highest BCUT2D eigenvalue weighted by atomic mass is 14.9. The van der Waals surface area contributed by atoms with Crippen LogP contribution in [-0.2, 0) is 0 Å². The molecule has 2 aromatic heterocycles. The molecule has 0 aliphatic rings. The van der Waals surface area contributed by atoms with Crippen LogP contribution in [0.25, 0.3) is 78.1 Å². The van der Waals surface area contributed by atoms with Crippen molar-refractivity contribution in [2.24, 2.45) is 0 Å². The quantitative estimate of drug-likeness (QED) is 0.194. The molecule has 6 aromatic carbocycles. The van der Waals surface area contributed by atoms with E-state index in [-0.39, 0.29) is 0 Å². The van der Waals surface area contributed by atoms with Crippen molar-refractivity contribution in [3.05, 3.63) is 176 Å². The first-order valence-electron chi connectivity index (χ1n) is 15.4. The van der Waals surface area contributed by atoms with Crippen LogP contribution in [0.1, 0.15) is 0 Å². The lowest BCUT2D eigenvalue weighted by atomic mass is 9.92. The minimum Gasteiger partial charge on any atom is -0.265 e. The van der Waals surface area contributed by atoms with Gasteiger partial charge in [-0.2, -0.15) is 0 Å². The Balaban J connectivity index is 1.21. The van der Waals surface area contributed by atoms with Gasteiger partial charge in [-0.15, -0.1) is 0 Å². The summed E-state index contributed by atoms with van der Waals surface area (Å²) in [5, 5.41) is 1.02. The van der Waals surface area contributed by atoms with Crippen molar-refractivity contribution in [1.82, 2.24) is 15.0 Å². The molecule has 0 fully saturated rings.